The third-order valence-electron chi connectivity index (χ3n) is 5.66. The summed E-state index contributed by atoms with van der Waals surface area (Å²) in [4.78, 5) is 24.6. The maximum atomic E-state index is 13.0. The Morgan fingerprint density at radius 3 is 2.68 bits per heavy atom. The molecule has 0 radical (unpaired) electrons. The summed E-state index contributed by atoms with van der Waals surface area (Å²) in [6, 6.07) is 5.00. The van der Waals surface area contributed by atoms with Crippen molar-refractivity contribution in [3.63, 3.8) is 0 Å². The van der Waals surface area contributed by atoms with E-state index < -0.39 is 17.3 Å². The normalized spacial score (nSPS) is 15.5. The first-order valence-corrected chi connectivity index (χ1v) is 10.7. The van der Waals surface area contributed by atoms with Gasteiger partial charge < -0.3 is 9.72 Å². The first kappa shape index (κ1) is 21.4. The van der Waals surface area contributed by atoms with Crippen LogP contribution in [0.4, 0.5) is 13.2 Å². The van der Waals surface area contributed by atoms with E-state index in [1.54, 1.807) is 10.6 Å². The molecule has 2 heterocycles. The highest BCUT2D eigenvalue weighted by molar-refractivity contribution is 5.70. The fourth-order valence-corrected chi connectivity index (χ4v) is 4.11. The number of fused-ring (bicyclic) bond motifs is 1. The summed E-state index contributed by atoms with van der Waals surface area (Å²) in [7, 11) is 0. The molecule has 166 valence electrons. The minimum absolute atomic E-state index is 0.0680. The number of nitrogens with zero attached hydrogens (tertiary/aromatic N) is 3. The number of halogens is 3. The number of aryl methyl sites for hydroxylation is 1. The van der Waals surface area contributed by atoms with Crippen molar-refractivity contribution >= 4 is 11.2 Å². The monoisotopic (exact) mass is 434 g/mol. The predicted octanol–water partition coefficient (Wildman–Crippen LogP) is 5.18. The fraction of sp³-hybridized carbons (Fsp3) is 0.500. The van der Waals surface area contributed by atoms with E-state index in [9.17, 15) is 18.0 Å². The Balaban J connectivity index is 1.65. The molecule has 31 heavy (non-hydrogen) atoms. The zero-order valence-electron chi connectivity index (χ0n) is 17.3. The van der Waals surface area contributed by atoms with Gasteiger partial charge in [-0.2, -0.15) is 18.2 Å². The van der Waals surface area contributed by atoms with Crippen LogP contribution in [0.15, 0.2) is 29.1 Å². The number of rotatable bonds is 6. The van der Waals surface area contributed by atoms with E-state index in [4.69, 9.17) is 9.72 Å². The number of hydrogen-bond donors (Lipinski definition) is 1. The van der Waals surface area contributed by atoms with Crippen LogP contribution in [0.2, 0.25) is 0 Å². The van der Waals surface area contributed by atoms with Gasteiger partial charge in [0.2, 0.25) is 0 Å². The number of hydrogen-bond acceptors (Lipinski definition) is 4. The number of aromatic amines is 1. The van der Waals surface area contributed by atoms with Gasteiger partial charge in [-0.1, -0.05) is 38.3 Å². The number of ether oxygens (including phenoxy) is 1. The number of imidazole rings is 1. The van der Waals surface area contributed by atoms with E-state index in [2.05, 4.69) is 9.97 Å². The molecule has 1 aliphatic carbocycles. The highest BCUT2D eigenvalue weighted by Gasteiger charge is 2.30. The first-order chi connectivity index (χ1) is 14.9. The highest BCUT2D eigenvalue weighted by atomic mass is 19.4. The molecular formula is C22H25F3N4O2. The summed E-state index contributed by atoms with van der Waals surface area (Å²) < 4.78 is 46.4. The van der Waals surface area contributed by atoms with E-state index >= 15 is 0 Å². The minimum Gasteiger partial charge on any atom is -0.460 e. The topological polar surface area (TPSA) is 72.8 Å². The van der Waals surface area contributed by atoms with Gasteiger partial charge >= 0.3 is 17.7 Å². The lowest BCUT2D eigenvalue weighted by molar-refractivity contribution is -0.137. The third-order valence-corrected chi connectivity index (χ3v) is 5.66. The smallest absolute Gasteiger partial charge is 0.416 e. The summed E-state index contributed by atoms with van der Waals surface area (Å²) in [6.45, 7) is 2.37. The molecule has 1 N–H and O–H groups in total. The summed E-state index contributed by atoms with van der Waals surface area (Å²) in [6.07, 6.45) is 1.90. The second kappa shape index (κ2) is 8.72. The second-order valence-corrected chi connectivity index (χ2v) is 7.99. The van der Waals surface area contributed by atoms with Crippen LogP contribution < -0.4 is 10.3 Å². The molecule has 0 amide bonds. The van der Waals surface area contributed by atoms with Crippen LogP contribution in [0.25, 0.3) is 11.2 Å². The lowest BCUT2D eigenvalue weighted by Gasteiger charge is -2.18. The van der Waals surface area contributed by atoms with Crippen LogP contribution in [-0.2, 0) is 19.3 Å². The molecular weight excluding hydrogens is 409 g/mol. The summed E-state index contributed by atoms with van der Waals surface area (Å²) in [5.74, 6) is 1.10. The Hall–Kier alpha value is -2.84. The maximum Gasteiger partial charge on any atom is 0.416 e. The van der Waals surface area contributed by atoms with Crippen molar-refractivity contribution < 1.29 is 17.9 Å². The Morgan fingerprint density at radius 1 is 1.19 bits per heavy atom. The van der Waals surface area contributed by atoms with E-state index in [0.29, 0.717) is 29.2 Å². The quantitative estimate of drug-likeness (QED) is 0.581. The standard InChI is InChI=1S/C22H25F3N4O2/c1-2-11-29-19-17(26-18(27-19)15-8-4-3-5-9-15)20(30)28-21(29)31-13-14-7-6-10-16(12-14)22(23,24)25/h6-7,10,12,15H,2-5,8-9,11,13H2,1H3,(H,26,27). The zero-order valence-corrected chi connectivity index (χ0v) is 17.3. The van der Waals surface area contributed by atoms with E-state index in [1.165, 1.54) is 12.5 Å². The number of nitrogens with one attached hydrogen (secondary N) is 1. The lowest BCUT2D eigenvalue weighted by atomic mass is 9.89. The molecule has 9 heteroatoms. The minimum atomic E-state index is -4.43. The van der Waals surface area contributed by atoms with Crippen molar-refractivity contribution in [1.29, 1.82) is 0 Å². The maximum absolute atomic E-state index is 13.0. The van der Waals surface area contributed by atoms with Gasteiger partial charge in [0.05, 0.1) is 5.56 Å². The summed E-state index contributed by atoms with van der Waals surface area (Å²) in [5.41, 5.74) is -0.0395. The SMILES string of the molecule is CCCn1c(OCc2cccc(C(F)(F)F)c2)nc(=O)c2[nH]c(C3CCCCC3)nc21. The number of benzene rings is 1. The molecule has 0 bridgehead atoms. The number of alkyl halides is 3. The van der Waals surface area contributed by atoms with Crippen molar-refractivity contribution in [3.8, 4) is 6.01 Å². The van der Waals surface area contributed by atoms with Crippen LogP contribution in [0.1, 0.15) is 68.3 Å². The molecule has 0 aliphatic heterocycles. The lowest BCUT2D eigenvalue weighted by Crippen LogP contribution is -2.17. The Morgan fingerprint density at radius 2 is 1.97 bits per heavy atom. The van der Waals surface area contributed by atoms with Crippen molar-refractivity contribution in [2.24, 2.45) is 0 Å². The molecule has 0 spiro atoms. The van der Waals surface area contributed by atoms with E-state index in [-0.39, 0.29) is 12.6 Å². The van der Waals surface area contributed by atoms with Gasteiger partial charge in [-0.25, -0.2) is 4.98 Å². The largest absolute Gasteiger partial charge is 0.460 e. The molecule has 0 unspecified atom stereocenters. The van der Waals surface area contributed by atoms with Gasteiger partial charge in [-0.3, -0.25) is 9.36 Å². The molecule has 1 fully saturated rings. The Kier molecular flexibility index (Phi) is 6.02. The predicted molar refractivity (Wildman–Crippen MR) is 110 cm³/mol. The number of aromatic nitrogens is 4. The summed E-state index contributed by atoms with van der Waals surface area (Å²) >= 11 is 0. The number of H-pyrrole nitrogens is 1. The van der Waals surface area contributed by atoms with Crippen molar-refractivity contribution in [2.75, 3.05) is 0 Å². The van der Waals surface area contributed by atoms with Gasteiger partial charge in [0.15, 0.2) is 11.2 Å². The average molecular weight is 434 g/mol. The van der Waals surface area contributed by atoms with Gasteiger partial charge in [-0.15, -0.1) is 0 Å². The van der Waals surface area contributed by atoms with Crippen molar-refractivity contribution in [1.82, 2.24) is 19.5 Å². The van der Waals surface area contributed by atoms with Crippen molar-refractivity contribution in [3.05, 3.63) is 51.6 Å². The van der Waals surface area contributed by atoms with Crippen molar-refractivity contribution in [2.45, 2.75) is 70.7 Å². The van der Waals surface area contributed by atoms with Crippen LogP contribution in [-0.4, -0.2) is 19.5 Å². The molecule has 1 aliphatic rings. The van der Waals surface area contributed by atoms with Crippen LogP contribution in [0.3, 0.4) is 0 Å². The zero-order chi connectivity index (χ0) is 22.0. The van der Waals surface area contributed by atoms with Gasteiger partial charge in [0.25, 0.3) is 0 Å². The first-order valence-electron chi connectivity index (χ1n) is 10.7. The van der Waals surface area contributed by atoms with E-state index in [0.717, 1.165) is 50.1 Å². The molecule has 0 saturated heterocycles. The van der Waals surface area contributed by atoms with E-state index in [1.807, 2.05) is 6.92 Å². The molecule has 3 aromatic rings. The molecule has 4 rings (SSSR count). The van der Waals surface area contributed by atoms with Crippen LogP contribution in [0, 0.1) is 0 Å². The molecule has 0 atom stereocenters. The average Bonchev–Trinajstić information content (AvgIpc) is 3.21. The van der Waals surface area contributed by atoms with Gasteiger partial charge in [0, 0.05) is 12.5 Å². The molecule has 1 saturated carbocycles. The highest BCUT2D eigenvalue weighted by Crippen LogP contribution is 2.32. The molecule has 2 aromatic heterocycles. The van der Waals surface area contributed by atoms with Gasteiger partial charge in [0.1, 0.15) is 12.4 Å². The second-order valence-electron chi connectivity index (χ2n) is 7.99. The van der Waals surface area contributed by atoms with Gasteiger partial charge in [-0.05, 0) is 37.0 Å². The Bertz CT molecular complexity index is 1110. The van der Waals surface area contributed by atoms with Crippen LogP contribution >= 0.6 is 0 Å². The Labute approximate surface area is 177 Å². The fourth-order valence-electron chi connectivity index (χ4n) is 4.11. The molecule has 6 nitrogen and oxygen atoms in total. The molecule has 1 aromatic carbocycles. The van der Waals surface area contributed by atoms with Crippen LogP contribution in [0.5, 0.6) is 6.01 Å². The third kappa shape index (κ3) is 4.60. The summed E-state index contributed by atoms with van der Waals surface area (Å²) in [5, 5.41) is 0.